The molecule has 1 aliphatic rings. The van der Waals surface area contributed by atoms with Crippen LogP contribution >= 0.6 is 0 Å². The highest BCUT2D eigenvalue weighted by atomic mass is 16.3. The van der Waals surface area contributed by atoms with E-state index in [0.29, 0.717) is 16.8 Å². The molecule has 1 aliphatic heterocycles. The van der Waals surface area contributed by atoms with Gasteiger partial charge in [0.05, 0.1) is 29.0 Å². The summed E-state index contributed by atoms with van der Waals surface area (Å²) in [5.74, 6) is -0.618. The van der Waals surface area contributed by atoms with Crippen molar-refractivity contribution in [1.82, 2.24) is 14.3 Å². The number of nitrogens with one attached hydrogen (secondary N) is 1. The summed E-state index contributed by atoms with van der Waals surface area (Å²) >= 11 is 0. The molecule has 0 spiro atoms. The SMILES string of the molecule is NC(=O)c1ccc2c(ccn2-c2ccc(-n3ncc4cc(NC(=O)c5ccc(N6CCC(O)CC6)cc5)ccc43)cc2)c1. The number of carbonyl (C=O) groups is 2. The van der Waals surface area contributed by atoms with Crippen molar-refractivity contribution in [1.29, 1.82) is 0 Å². The van der Waals surface area contributed by atoms with Gasteiger partial charge in [0.15, 0.2) is 0 Å². The second-order valence-corrected chi connectivity index (χ2v) is 10.9. The average Bonchev–Trinajstić information content (AvgIpc) is 3.65. The number of carbonyl (C=O) groups excluding carboxylic acids is 2. The molecule has 43 heavy (non-hydrogen) atoms. The van der Waals surface area contributed by atoms with Crippen LogP contribution in [0.3, 0.4) is 0 Å². The van der Waals surface area contributed by atoms with Crippen LogP contribution in [0.4, 0.5) is 11.4 Å². The van der Waals surface area contributed by atoms with Gasteiger partial charge in [-0.15, -0.1) is 0 Å². The number of nitrogens with two attached hydrogens (primary N) is 1. The average molecular weight is 571 g/mol. The Balaban J connectivity index is 1.06. The highest BCUT2D eigenvalue weighted by molar-refractivity contribution is 6.05. The molecule has 9 nitrogen and oxygen atoms in total. The Morgan fingerprint density at radius 3 is 2.19 bits per heavy atom. The van der Waals surface area contributed by atoms with Crippen molar-refractivity contribution in [3.05, 3.63) is 115 Å². The van der Waals surface area contributed by atoms with E-state index in [4.69, 9.17) is 5.73 Å². The van der Waals surface area contributed by atoms with Crippen molar-refractivity contribution in [3.63, 3.8) is 0 Å². The number of fused-ring (bicyclic) bond motifs is 2. The molecule has 9 heteroatoms. The minimum absolute atomic E-state index is 0.175. The lowest BCUT2D eigenvalue weighted by molar-refractivity contribution is 0.0997. The molecule has 1 saturated heterocycles. The first-order valence-electron chi connectivity index (χ1n) is 14.3. The van der Waals surface area contributed by atoms with Crippen molar-refractivity contribution in [2.24, 2.45) is 5.73 Å². The summed E-state index contributed by atoms with van der Waals surface area (Å²) in [5.41, 5.74) is 12.0. The van der Waals surface area contributed by atoms with Gasteiger partial charge in [0, 0.05) is 58.2 Å². The van der Waals surface area contributed by atoms with Crippen LogP contribution < -0.4 is 16.0 Å². The third-order valence-electron chi connectivity index (χ3n) is 8.13. The third-order valence-corrected chi connectivity index (χ3v) is 8.13. The number of nitrogens with zero attached hydrogens (tertiary/aromatic N) is 4. The number of hydrogen-bond acceptors (Lipinski definition) is 5. The third kappa shape index (κ3) is 5.11. The zero-order valence-corrected chi connectivity index (χ0v) is 23.4. The minimum Gasteiger partial charge on any atom is -0.393 e. The summed E-state index contributed by atoms with van der Waals surface area (Å²) in [6.45, 7) is 1.63. The summed E-state index contributed by atoms with van der Waals surface area (Å²) in [5, 5.41) is 19.2. The van der Waals surface area contributed by atoms with Crippen molar-refractivity contribution < 1.29 is 14.7 Å². The minimum atomic E-state index is -0.443. The largest absolute Gasteiger partial charge is 0.393 e. The molecule has 214 valence electrons. The molecule has 1 fully saturated rings. The zero-order valence-electron chi connectivity index (χ0n) is 23.4. The quantitative estimate of drug-likeness (QED) is 0.252. The molecule has 2 amide bonds. The van der Waals surface area contributed by atoms with E-state index >= 15 is 0 Å². The van der Waals surface area contributed by atoms with Gasteiger partial charge in [-0.3, -0.25) is 9.59 Å². The highest BCUT2D eigenvalue weighted by Gasteiger charge is 2.18. The lowest BCUT2D eigenvalue weighted by Crippen LogP contribution is -2.35. The van der Waals surface area contributed by atoms with E-state index in [-0.39, 0.29) is 12.0 Å². The Kier molecular flexibility index (Phi) is 6.64. The summed E-state index contributed by atoms with van der Waals surface area (Å²) in [6, 6.07) is 28.8. The van der Waals surface area contributed by atoms with Crippen molar-refractivity contribution in [3.8, 4) is 11.4 Å². The van der Waals surface area contributed by atoms with E-state index in [2.05, 4.69) is 19.9 Å². The normalized spacial score (nSPS) is 13.9. The predicted octanol–water partition coefficient (Wildman–Crippen LogP) is 5.28. The number of amides is 2. The van der Waals surface area contributed by atoms with Gasteiger partial charge in [-0.05, 0) is 104 Å². The van der Waals surface area contributed by atoms with Gasteiger partial charge < -0.3 is 25.6 Å². The molecule has 3 heterocycles. The molecule has 7 rings (SSSR count). The van der Waals surface area contributed by atoms with E-state index < -0.39 is 5.91 Å². The number of primary amides is 1. The van der Waals surface area contributed by atoms with Crippen LogP contribution in [0.15, 0.2) is 103 Å². The van der Waals surface area contributed by atoms with Gasteiger partial charge in [0.1, 0.15) is 0 Å². The lowest BCUT2D eigenvalue weighted by atomic mass is 10.1. The molecule has 0 aliphatic carbocycles. The van der Waals surface area contributed by atoms with E-state index in [1.807, 2.05) is 89.7 Å². The second kappa shape index (κ2) is 10.8. The van der Waals surface area contributed by atoms with Crippen LogP contribution in [0, 0.1) is 0 Å². The Labute approximate surface area is 247 Å². The maximum absolute atomic E-state index is 13.0. The number of hydrogen-bond donors (Lipinski definition) is 3. The van der Waals surface area contributed by atoms with Crippen LogP contribution in [0.1, 0.15) is 33.6 Å². The fraction of sp³-hybridized carbons (Fsp3) is 0.147. The monoisotopic (exact) mass is 570 g/mol. The molecule has 0 bridgehead atoms. The van der Waals surface area contributed by atoms with Crippen molar-refractivity contribution in [2.75, 3.05) is 23.3 Å². The van der Waals surface area contributed by atoms with Gasteiger partial charge in [-0.2, -0.15) is 5.10 Å². The van der Waals surface area contributed by atoms with Crippen LogP contribution in [0.2, 0.25) is 0 Å². The number of piperidine rings is 1. The summed E-state index contributed by atoms with van der Waals surface area (Å²) < 4.78 is 3.93. The molecule has 0 atom stereocenters. The Morgan fingerprint density at radius 2 is 1.44 bits per heavy atom. The van der Waals surface area contributed by atoms with Gasteiger partial charge >= 0.3 is 0 Å². The van der Waals surface area contributed by atoms with E-state index in [1.54, 1.807) is 18.3 Å². The molecule has 0 unspecified atom stereocenters. The smallest absolute Gasteiger partial charge is 0.255 e. The maximum Gasteiger partial charge on any atom is 0.255 e. The highest BCUT2D eigenvalue weighted by Crippen LogP contribution is 2.26. The first kappa shape index (κ1) is 26.5. The zero-order chi connectivity index (χ0) is 29.5. The molecular formula is C34H30N6O3. The molecule has 6 aromatic rings. The Hall–Kier alpha value is -5.41. The molecule has 4 aromatic carbocycles. The number of aliphatic hydroxyl groups excluding tert-OH is 1. The Morgan fingerprint density at radius 1 is 0.767 bits per heavy atom. The lowest BCUT2D eigenvalue weighted by Gasteiger charge is -2.31. The fourth-order valence-electron chi connectivity index (χ4n) is 5.74. The maximum atomic E-state index is 13.0. The van der Waals surface area contributed by atoms with Gasteiger partial charge in [0.2, 0.25) is 5.91 Å². The standard InChI is InChI=1S/C34H30N6O3/c35-33(42)24-3-11-31-23(19-24)13-18-39(31)28-7-9-29(10-8-28)40-32-12-4-26(20-25(32)21-36-40)37-34(43)22-1-5-27(6-2-22)38-16-14-30(41)15-17-38/h1-13,18-21,30,41H,14-17H2,(H2,35,42)(H,37,43). The molecular weight excluding hydrogens is 540 g/mol. The second-order valence-electron chi connectivity index (χ2n) is 10.9. The number of aromatic nitrogens is 3. The van der Waals surface area contributed by atoms with Crippen molar-refractivity contribution >= 4 is 45.0 Å². The molecule has 4 N–H and O–H groups in total. The van der Waals surface area contributed by atoms with E-state index in [1.165, 1.54) is 0 Å². The first-order chi connectivity index (χ1) is 20.9. The van der Waals surface area contributed by atoms with Crippen LogP contribution in [-0.4, -0.2) is 50.5 Å². The summed E-state index contributed by atoms with van der Waals surface area (Å²) in [4.78, 5) is 26.7. The molecule has 2 aromatic heterocycles. The number of anilines is 2. The van der Waals surface area contributed by atoms with E-state index in [0.717, 1.165) is 64.8 Å². The Bertz CT molecular complexity index is 1970. The van der Waals surface area contributed by atoms with Gasteiger partial charge in [0.25, 0.3) is 5.91 Å². The van der Waals surface area contributed by atoms with E-state index in [9.17, 15) is 14.7 Å². The van der Waals surface area contributed by atoms with Crippen molar-refractivity contribution in [2.45, 2.75) is 18.9 Å². The van der Waals surface area contributed by atoms with Crippen LogP contribution in [0.5, 0.6) is 0 Å². The van der Waals surface area contributed by atoms with Crippen LogP contribution in [-0.2, 0) is 0 Å². The summed E-state index contributed by atoms with van der Waals surface area (Å²) in [6.07, 6.45) is 5.07. The number of benzene rings is 4. The number of rotatable bonds is 6. The molecule has 0 radical (unpaired) electrons. The number of aliphatic hydroxyl groups is 1. The fourth-order valence-corrected chi connectivity index (χ4v) is 5.74. The van der Waals surface area contributed by atoms with Gasteiger partial charge in [-0.25, -0.2) is 4.68 Å². The first-order valence-corrected chi connectivity index (χ1v) is 14.3. The predicted molar refractivity (Wildman–Crippen MR) is 168 cm³/mol. The molecule has 0 saturated carbocycles. The summed E-state index contributed by atoms with van der Waals surface area (Å²) in [7, 11) is 0. The topological polar surface area (TPSA) is 118 Å². The van der Waals surface area contributed by atoms with Crippen LogP contribution in [0.25, 0.3) is 33.2 Å². The van der Waals surface area contributed by atoms with Gasteiger partial charge in [-0.1, -0.05) is 0 Å².